The average molecular weight is 214 g/mol. The smallest absolute Gasteiger partial charge is 0.239 e. The second-order valence-corrected chi connectivity index (χ2v) is 5.04. The van der Waals surface area contributed by atoms with Crippen LogP contribution < -0.4 is 11.1 Å². The molecule has 1 aliphatic carbocycles. The summed E-state index contributed by atoms with van der Waals surface area (Å²) < 4.78 is 0. The Balaban J connectivity index is 2.33. The molecule has 0 spiro atoms. The van der Waals surface area contributed by atoms with Crippen LogP contribution in [0.1, 0.15) is 39.5 Å². The summed E-state index contributed by atoms with van der Waals surface area (Å²) in [5.41, 5.74) is 4.82. The maximum absolute atomic E-state index is 11.5. The average Bonchev–Trinajstić information content (AvgIpc) is 2.14. The van der Waals surface area contributed by atoms with Crippen LogP contribution in [0.2, 0.25) is 0 Å². The van der Waals surface area contributed by atoms with E-state index >= 15 is 0 Å². The van der Waals surface area contributed by atoms with E-state index in [9.17, 15) is 9.90 Å². The largest absolute Gasteiger partial charge is 0.393 e. The molecule has 1 rings (SSSR count). The predicted molar refractivity (Wildman–Crippen MR) is 59.2 cm³/mol. The molecule has 0 bridgehead atoms. The summed E-state index contributed by atoms with van der Waals surface area (Å²) in [6, 6.07) is 0. The fourth-order valence-corrected chi connectivity index (χ4v) is 1.88. The van der Waals surface area contributed by atoms with E-state index < -0.39 is 5.54 Å². The highest BCUT2D eigenvalue weighted by Crippen LogP contribution is 2.23. The van der Waals surface area contributed by atoms with Crippen LogP contribution in [-0.4, -0.2) is 29.2 Å². The van der Waals surface area contributed by atoms with Crippen LogP contribution in [0.5, 0.6) is 0 Å². The second kappa shape index (κ2) is 4.94. The summed E-state index contributed by atoms with van der Waals surface area (Å²) in [6.07, 6.45) is 3.82. The Morgan fingerprint density at radius 3 is 2.60 bits per heavy atom. The number of carbonyl (C=O) groups excluding carboxylic acids is 1. The van der Waals surface area contributed by atoms with E-state index in [1.807, 2.05) is 0 Å². The third kappa shape index (κ3) is 3.80. The van der Waals surface area contributed by atoms with Crippen LogP contribution in [0.15, 0.2) is 0 Å². The van der Waals surface area contributed by atoms with Crippen LogP contribution in [0.4, 0.5) is 0 Å². The topological polar surface area (TPSA) is 75.4 Å². The molecule has 0 aromatic heterocycles. The molecule has 88 valence electrons. The van der Waals surface area contributed by atoms with E-state index in [0.29, 0.717) is 6.54 Å². The van der Waals surface area contributed by atoms with Crippen molar-refractivity contribution in [1.29, 1.82) is 0 Å². The Bertz CT molecular complexity index is 223. The van der Waals surface area contributed by atoms with Gasteiger partial charge in [0.25, 0.3) is 0 Å². The maximum atomic E-state index is 11.5. The first kappa shape index (κ1) is 12.5. The normalized spacial score (nSPS) is 27.5. The molecule has 4 nitrogen and oxygen atoms in total. The van der Waals surface area contributed by atoms with Crippen molar-refractivity contribution in [2.45, 2.75) is 51.2 Å². The Morgan fingerprint density at radius 1 is 1.47 bits per heavy atom. The summed E-state index contributed by atoms with van der Waals surface area (Å²) in [5, 5.41) is 12.5. The van der Waals surface area contributed by atoms with Gasteiger partial charge in [0.05, 0.1) is 11.6 Å². The monoisotopic (exact) mass is 214 g/mol. The molecule has 0 aliphatic heterocycles. The van der Waals surface area contributed by atoms with E-state index in [0.717, 1.165) is 25.7 Å². The first-order valence-corrected chi connectivity index (χ1v) is 5.66. The highest BCUT2D eigenvalue weighted by atomic mass is 16.3. The molecule has 0 aromatic rings. The van der Waals surface area contributed by atoms with Crippen LogP contribution in [-0.2, 0) is 4.79 Å². The fraction of sp³-hybridized carbons (Fsp3) is 0.909. The molecule has 4 N–H and O–H groups in total. The van der Waals surface area contributed by atoms with Crippen molar-refractivity contribution in [3.63, 3.8) is 0 Å². The van der Waals surface area contributed by atoms with Crippen LogP contribution >= 0.6 is 0 Å². The molecule has 0 aromatic carbocycles. The number of aliphatic hydroxyl groups excluding tert-OH is 1. The van der Waals surface area contributed by atoms with Gasteiger partial charge in [0.2, 0.25) is 5.91 Å². The minimum atomic E-state index is -0.834. The molecule has 1 saturated carbocycles. The fourth-order valence-electron chi connectivity index (χ4n) is 1.88. The minimum Gasteiger partial charge on any atom is -0.393 e. The van der Waals surface area contributed by atoms with Gasteiger partial charge >= 0.3 is 0 Å². The van der Waals surface area contributed by atoms with Gasteiger partial charge in [0.15, 0.2) is 0 Å². The van der Waals surface area contributed by atoms with Gasteiger partial charge in [-0.05, 0) is 26.7 Å². The highest BCUT2D eigenvalue weighted by molar-refractivity contribution is 5.84. The van der Waals surface area contributed by atoms with Crippen molar-refractivity contribution in [3.05, 3.63) is 0 Å². The standard InChI is InChI=1S/C11H22N2O2/c1-11(2,12)10(15)13-7-8-5-3-4-6-9(8)14/h8-9,14H,3-7,12H2,1-2H3,(H,13,15). The molecule has 2 atom stereocenters. The van der Waals surface area contributed by atoms with Gasteiger partial charge in [0.1, 0.15) is 0 Å². The van der Waals surface area contributed by atoms with Gasteiger partial charge in [0, 0.05) is 12.5 Å². The third-order valence-corrected chi connectivity index (χ3v) is 2.98. The first-order chi connectivity index (χ1) is 6.91. The summed E-state index contributed by atoms with van der Waals surface area (Å²) >= 11 is 0. The van der Waals surface area contributed by atoms with Crippen LogP contribution in [0.3, 0.4) is 0 Å². The lowest BCUT2D eigenvalue weighted by molar-refractivity contribution is -0.125. The van der Waals surface area contributed by atoms with Crippen LogP contribution in [0.25, 0.3) is 0 Å². The molecule has 1 aliphatic rings. The van der Waals surface area contributed by atoms with Crippen molar-refractivity contribution in [2.24, 2.45) is 11.7 Å². The number of hydrogen-bond donors (Lipinski definition) is 3. The number of amides is 1. The summed E-state index contributed by atoms with van der Waals surface area (Å²) in [5.74, 6) is 0.0466. The summed E-state index contributed by atoms with van der Waals surface area (Å²) in [7, 11) is 0. The second-order valence-electron chi connectivity index (χ2n) is 5.04. The van der Waals surface area contributed by atoms with Crippen LogP contribution in [0, 0.1) is 5.92 Å². The maximum Gasteiger partial charge on any atom is 0.239 e. The molecule has 1 fully saturated rings. The molecular formula is C11H22N2O2. The molecule has 4 heteroatoms. The first-order valence-electron chi connectivity index (χ1n) is 5.66. The molecule has 0 heterocycles. The van der Waals surface area contributed by atoms with Gasteiger partial charge in [-0.25, -0.2) is 0 Å². The van der Waals surface area contributed by atoms with Crippen molar-refractivity contribution < 1.29 is 9.90 Å². The number of nitrogens with two attached hydrogens (primary N) is 1. The number of aliphatic hydroxyl groups is 1. The quantitative estimate of drug-likeness (QED) is 0.636. The molecule has 15 heavy (non-hydrogen) atoms. The zero-order valence-electron chi connectivity index (χ0n) is 9.62. The highest BCUT2D eigenvalue weighted by Gasteiger charge is 2.26. The van der Waals surface area contributed by atoms with E-state index in [1.165, 1.54) is 0 Å². The third-order valence-electron chi connectivity index (χ3n) is 2.98. The van der Waals surface area contributed by atoms with Crippen molar-refractivity contribution >= 4 is 5.91 Å². The lowest BCUT2D eigenvalue weighted by Gasteiger charge is -2.28. The van der Waals surface area contributed by atoms with Gasteiger partial charge < -0.3 is 16.2 Å². The van der Waals surface area contributed by atoms with Gasteiger partial charge in [-0.2, -0.15) is 0 Å². The summed E-state index contributed by atoms with van der Waals surface area (Å²) in [6.45, 7) is 3.90. The number of nitrogens with one attached hydrogen (secondary N) is 1. The Morgan fingerprint density at radius 2 is 2.07 bits per heavy atom. The van der Waals surface area contributed by atoms with Crippen molar-refractivity contribution in [2.75, 3.05) is 6.54 Å². The van der Waals surface area contributed by atoms with E-state index in [-0.39, 0.29) is 17.9 Å². The van der Waals surface area contributed by atoms with E-state index in [4.69, 9.17) is 5.73 Å². The lowest BCUT2D eigenvalue weighted by Crippen LogP contribution is -2.51. The van der Waals surface area contributed by atoms with E-state index in [1.54, 1.807) is 13.8 Å². The number of hydrogen-bond acceptors (Lipinski definition) is 3. The molecule has 0 radical (unpaired) electrons. The SMILES string of the molecule is CC(C)(N)C(=O)NCC1CCCCC1O. The Kier molecular flexibility index (Phi) is 4.11. The minimum absolute atomic E-state index is 0.153. The number of rotatable bonds is 3. The van der Waals surface area contributed by atoms with Gasteiger partial charge in [-0.1, -0.05) is 12.8 Å². The Hall–Kier alpha value is -0.610. The number of carbonyl (C=O) groups is 1. The zero-order valence-corrected chi connectivity index (χ0v) is 9.62. The molecule has 1 amide bonds. The molecule has 0 saturated heterocycles. The molecular weight excluding hydrogens is 192 g/mol. The molecule has 2 unspecified atom stereocenters. The van der Waals surface area contributed by atoms with Crippen molar-refractivity contribution in [1.82, 2.24) is 5.32 Å². The van der Waals surface area contributed by atoms with E-state index in [2.05, 4.69) is 5.32 Å². The zero-order chi connectivity index (χ0) is 11.5. The Labute approximate surface area is 91.2 Å². The predicted octanol–water partition coefficient (Wildman–Crippen LogP) is 0.391. The summed E-state index contributed by atoms with van der Waals surface area (Å²) in [4.78, 5) is 11.5. The van der Waals surface area contributed by atoms with Gasteiger partial charge in [-0.3, -0.25) is 4.79 Å². The lowest BCUT2D eigenvalue weighted by atomic mass is 9.86. The van der Waals surface area contributed by atoms with Crippen molar-refractivity contribution in [3.8, 4) is 0 Å². The van der Waals surface area contributed by atoms with Gasteiger partial charge in [-0.15, -0.1) is 0 Å².